The molecule has 110 valence electrons. The molecular weight excluding hydrogens is 252 g/mol. The van der Waals surface area contributed by atoms with Gasteiger partial charge in [0.2, 0.25) is 5.91 Å². The monoisotopic (exact) mass is 276 g/mol. The van der Waals surface area contributed by atoms with Gasteiger partial charge in [0, 0.05) is 19.8 Å². The molecule has 2 rings (SSSR count). The van der Waals surface area contributed by atoms with Gasteiger partial charge in [0.05, 0.1) is 6.04 Å². The maximum atomic E-state index is 12.0. The third-order valence-electron chi connectivity index (χ3n) is 3.89. The third kappa shape index (κ3) is 4.05. The summed E-state index contributed by atoms with van der Waals surface area (Å²) in [4.78, 5) is 12.0. The van der Waals surface area contributed by atoms with Gasteiger partial charge in [-0.1, -0.05) is 24.3 Å². The molecule has 0 spiro atoms. The third-order valence-corrected chi connectivity index (χ3v) is 3.89. The Morgan fingerprint density at radius 1 is 1.45 bits per heavy atom. The van der Waals surface area contributed by atoms with E-state index in [4.69, 9.17) is 10.5 Å². The van der Waals surface area contributed by atoms with Crippen LogP contribution in [0.2, 0.25) is 0 Å². The summed E-state index contributed by atoms with van der Waals surface area (Å²) < 4.78 is 4.97. The summed E-state index contributed by atoms with van der Waals surface area (Å²) in [5.74, 6) is -0.0366. The Labute approximate surface area is 120 Å². The zero-order valence-corrected chi connectivity index (χ0v) is 12.1. The fraction of sp³-hybridized carbons (Fsp3) is 0.562. The van der Waals surface area contributed by atoms with Gasteiger partial charge in [-0.3, -0.25) is 4.79 Å². The first kappa shape index (κ1) is 15.0. The normalized spacial score (nSPS) is 19.2. The van der Waals surface area contributed by atoms with E-state index in [1.807, 2.05) is 0 Å². The average molecular weight is 276 g/mol. The zero-order valence-electron chi connectivity index (χ0n) is 12.1. The fourth-order valence-electron chi connectivity index (χ4n) is 2.71. The number of benzene rings is 1. The van der Waals surface area contributed by atoms with E-state index in [-0.39, 0.29) is 11.9 Å². The largest absolute Gasteiger partial charge is 0.385 e. The van der Waals surface area contributed by atoms with E-state index in [0.29, 0.717) is 13.0 Å². The highest BCUT2D eigenvalue weighted by Gasteiger charge is 2.22. The van der Waals surface area contributed by atoms with Crippen LogP contribution in [0.4, 0.5) is 0 Å². The molecule has 1 aliphatic rings. The Balaban J connectivity index is 1.81. The van der Waals surface area contributed by atoms with Gasteiger partial charge in [-0.15, -0.1) is 0 Å². The molecule has 1 aromatic carbocycles. The predicted octanol–water partition coefficient (Wildman–Crippen LogP) is 1.41. The second-order valence-electron chi connectivity index (χ2n) is 5.46. The molecule has 3 N–H and O–H groups in total. The molecule has 0 saturated heterocycles. The molecule has 0 heterocycles. The number of methoxy groups -OCH3 is 1. The van der Waals surface area contributed by atoms with Crippen LogP contribution in [0.15, 0.2) is 24.3 Å². The van der Waals surface area contributed by atoms with Crippen molar-refractivity contribution in [2.45, 2.75) is 44.2 Å². The second-order valence-corrected chi connectivity index (χ2v) is 5.46. The minimum absolute atomic E-state index is 0.0366. The molecule has 1 aliphatic carbocycles. The summed E-state index contributed by atoms with van der Waals surface area (Å²) in [6.07, 6.45) is 4.42. The molecule has 0 radical (unpaired) electrons. The number of hydrogen-bond donors (Lipinski definition) is 2. The molecule has 2 atom stereocenters. The van der Waals surface area contributed by atoms with Crippen LogP contribution in [0.5, 0.6) is 0 Å². The summed E-state index contributed by atoms with van der Waals surface area (Å²) in [5, 5.41) is 3.08. The Hall–Kier alpha value is -1.39. The minimum atomic E-state index is -0.428. The van der Waals surface area contributed by atoms with Gasteiger partial charge in [0.15, 0.2) is 0 Å². The van der Waals surface area contributed by atoms with E-state index in [9.17, 15) is 4.79 Å². The summed E-state index contributed by atoms with van der Waals surface area (Å²) in [6, 6.07) is 8.23. The Morgan fingerprint density at radius 2 is 2.20 bits per heavy atom. The highest BCUT2D eigenvalue weighted by Crippen LogP contribution is 2.21. The number of carbonyl (C=O) groups is 1. The van der Waals surface area contributed by atoms with E-state index in [2.05, 4.69) is 29.6 Å². The van der Waals surface area contributed by atoms with Crippen LogP contribution >= 0.6 is 0 Å². The number of nitrogens with one attached hydrogen (secondary N) is 1. The average Bonchev–Trinajstić information content (AvgIpc) is 2.47. The Bertz CT molecular complexity index is 448. The quantitative estimate of drug-likeness (QED) is 0.772. The molecule has 0 fully saturated rings. The van der Waals surface area contributed by atoms with Crippen molar-refractivity contribution in [1.29, 1.82) is 0 Å². The van der Waals surface area contributed by atoms with Crippen molar-refractivity contribution >= 4 is 5.91 Å². The van der Waals surface area contributed by atoms with E-state index < -0.39 is 6.04 Å². The smallest absolute Gasteiger partial charge is 0.237 e. The van der Waals surface area contributed by atoms with Crippen molar-refractivity contribution in [3.63, 3.8) is 0 Å². The molecule has 0 aliphatic heterocycles. The topological polar surface area (TPSA) is 64.3 Å². The maximum absolute atomic E-state index is 12.0. The van der Waals surface area contributed by atoms with Crippen molar-refractivity contribution in [2.75, 3.05) is 13.7 Å². The lowest BCUT2D eigenvalue weighted by molar-refractivity contribution is -0.123. The summed E-state index contributed by atoms with van der Waals surface area (Å²) >= 11 is 0. The lowest BCUT2D eigenvalue weighted by Gasteiger charge is -2.26. The van der Waals surface area contributed by atoms with Crippen LogP contribution in [-0.4, -0.2) is 31.7 Å². The Kier molecular flexibility index (Phi) is 5.56. The first-order valence-corrected chi connectivity index (χ1v) is 7.32. The van der Waals surface area contributed by atoms with Crippen molar-refractivity contribution in [3.8, 4) is 0 Å². The highest BCUT2D eigenvalue weighted by molar-refractivity contribution is 5.81. The molecule has 4 heteroatoms. The molecule has 1 amide bonds. The molecule has 1 aromatic rings. The molecule has 20 heavy (non-hydrogen) atoms. The van der Waals surface area contributed by atoms with E-state index in [0.717, 1.165) is 25.7 Å². The number of fused-ring (bicyclic) bond motifs is 1. The predicted molar refractivity (Wildman–Crippen MR) is 79.5 cm³/mol. The van der Waals surface area contributed by atoms with Crippen LogP contribution < -0.4 is 11.1 Å². The molecule has 2 unspecified atom stereocenters. The van der Waals surface area contributed by atoms with Gasteiger partial charge >= 0.3 is 0 Å². The lowest BCUT2D eigenvalue weighted by atomic mass is 9.88. The molecule has 0 aromatic heterocycles. The fourth-order valence-corrected chi connectivity index (χ4v) is 2.71. The standard InChI is InChI=1S/C16H24N2O2/c1-20-10-4-7-15(17)16(19)18-14-9-8-12-5-2-3-6-13(12)11-14/h2-3,5-6,14-15H,4,7-11,17H2,1H3,(H,18,19). The maximum Gasteiger partial charge on any atom is 0.237 e. The Morgan fingerprint density at radius 3 is 2.95 bits per heavy atom. The van der Waals surface area contributed by atoms with Gasteiger partial charge in [-0.05, 0) is 43.2 Å². The van der Waals surface area contributed by atoms with E-state index in [1.165, 1.54) is 11.1 Å². The number of amides is 1. The molecule has 4 nitrogen and oxygen atoms in total. The number of aryl methyl sites for hydroxylation is 1. The van der Waals surface area contributed by atoms with Crippen molar-refractivity contribution in [2.24, 2.45) is 5.73 Å². The van der Waals surface area contributed by atoms with Gasteiger partial charge in [0.25, 0.3) is 0 Å². The van der Waals surface area contributed by atoms with Gasteiger partial charge < -0.3 is 15.8 Å². The number of rotatable bonds is 6. The van der Waals surface area contributed by atoms with Crippen LogP contribution in [0.25, 0.3) is 0 Å². The van der Waals surface area contributed by atoms with Crippen LogP contribution in [-0.2, 0) is 22.4 Å². The summed E-state index contributed by atoms with van der Waals surface area (Å²) in [5.41, 5.74) is 8.65. The number of nitrogens with two attached hydrogens (primary N) is 1. The lowest BCUT2D eigenvalue weighted by Crippen LogP contribution is -2.47. The number of carbonyl (C=O) groups excluding carboxylic acids is 1. The van der Waals surface area contributed by atoms with E-state index in [1.54, 1.807) is 7.11 Å². The molecule has 0 bridgehead atoms. The summed E-state index contributed by atoms with van der Waals surface area (Å²) in [6.45, 7) is 0.651. The highest BCUT2D eigenvalue weighted by atomic mass is 16.5. The first-order valence-electron chi connectivity index (χ1n) is 7.32. The number of ether oxygens (including phenoxy) is 1. The van der Waals surface area contributed by atoms with Crippen molar-refractivity contribution < 1.29 is 9.53 Å². The van der Waals surface area contributed by atoms with Crippen LogP contribution in [0.1, 0.15) is 30.4 Å². The second kappa shape index (κ2) is 7.41. The van der Waals surface area contributed by atoms with Crippen molar-refractivity contribution in [1.82, 2.24) is 5.32 Å². The van der Waals surface area contributed by atoms with Crippen LogP contribution in [0.3, 0.4) is 0 Å². The first-order chi connectivity index (χ1) is 9.70. The molecular formula is C16H24N2O2. The zero-order chi connectivity index (χ0) is 14.4. The summed E-state index contributed by atoms with van der Waals surface area (Å²) in [7, 11) is 1.66. The SMILES string of the molecule is COCCCC(N)C(=O)NC1CCc2ccccc2C1. The van der Waals surface area contributed by atoms with Crippen LogP contribution in [0, 0.1) is 0 Å². The van der Waals surface area contributed by atoms with Gasteiger partial charge in [0.1, 0.15) is 0 Å². The number of hydrogen-bond acceptors (Lipinski definition) is 3. The van der Waals surface area contributed by atoms with Crippen molar-refractivity contribution in [3.05, 3.63) is 35.4 Å². The van der Waals surface area contributed by atoms with E-state index >= 15 is 0 Å². The molecule has 0 saturated carbocycles. The van der Waals surface area contributed by atoms with Gasteiger partial charge in [-0.25, -0.2) is 0 Å². The van der Waals surface area contributed by atoms with Gasteiger partial charge in [-0.2, -0.15) is 0 Å². The minimum Gasteiger partial charge on any atom is -0.385 e.